The molecule has 0 N–H and O–H groups in total. The molecule has 0 saturated carbocycles. The highest BCUT2D eigenvalue weighted by atomic mass is 35.5. The summed E-state index contributed by atoms with van der Waals surface area (Å²) in [4.78, 5) is 0. The molecule has 2 aromatic rings. The van der Waals surface area contributed by atoms with Crippen molar-refractivity contribution >= 4 is 11.4 Å². The van der Waals surface area contributed by atoms with Crippen molar-refractivity contribution in [3.05, 3.63) is 60.7 Å². The Morgan fingerprint density at radius 2 is 1.00 bits per heavy atom. The molecule has 2 rings (SSSR count). The van der Waals surface area contributed by atoms with Gasteiger partial charge in [-0.1, -0.05) is 36.4 Å². The molecule has 0 aliphatic rings. The quantitative estimate of drug-likeness (QED) is 0.730. The van der Waals surface area contributed by atoms with Crippen LogP contribution in [0.15, 0.2) is 60.7 Å². The molecule has 2 aromatic carbocycles. The fraction of sp³-hybridized carbons (Fsp3) is 0.250. The lowest BCUT2D eigenvalue weighted by Crippen LogP contribution is -3.00. The van der Waals surface area contributed by atoms with Crippen LogP contribution in [0.3, 0.4) is 0 Å². The first-order valence-electron chi connectivity index (χ1n) is 6.32. The maximum atomic E-state index is 2.25. The van der Waals surface area contributed by atoms with Gasteiger partial charge in [0.2, 0.25) is 0 Å². The van der Waals surface area contributed by atoms with E-state index < -0.39 is 0 Å². The van der Waals surface area contributed by atoms with E-state index in [1.807, 2.05) is 0 Å². The smallest absolute Gasteiger partial charge is 0.137 e. The Morgan fingerprint density at radius 1 is 0.667 bits per heavy atom. The minimum absolute atomic E-state index is 0. The normalized spacial score (nSPS) is 10.8. The molecular weight excluding hydrogens is 242 g/mol. The summed E-state index contributed by atoms with van der Waals surface area (Å²) in [6.45, 7) is 6.65. The van der Waals surface area contributed by atoms with Gasteiger partial charge in [0, 0.05) is 0 Å². The van der Waals surface area contributed by atoms with Gasteiger partial charge in [0.15, 0.2) is 0 Å². The van der Waals surface area contributed by atoms with E-state index >= 15 is 0 Å². The lowest BCUT2D eigenvalue weighted by Gasteiger charge is -2.35. The highest BCUT2D eigenvalue weighted by Crippen LogP contribution is 2.33. The lowest BCUT2D eigenvalue weighted by molar-refractivity contribution is -0.00000350. The molecule has 0 saturated heterocycles. The van der Waals surface area contributed by atoms with Gasteiger partial charge in [-0.15, -0.1) is 0 Å². The third-order valence-corrected chi connectivity index (χ3v) is 3.58. The van der Waals surface area contributed by atoms with Crippen LogP contribution in [0.1, 0.15) is 13.8 Å². The number of quaternary nitrogens is 1. The third-order valence-electron chi connectivity index (χ3n) is 3.58. The minimum Gasteiger partial charge on any atom is -1.00 e. The van der Waals surface area contributed by atoms with Gasteiger partial charge >= 0.3 is 0 Å². The van der Waals surface area contributed by atoms with Gasteiger partial charge < -0.3 is 12.4 Å². The van der Waals surface area contributed by atoms with Crippen LogP contribution in [0.4, 0.5) is 11.4 Å². The standard InChI is InChI=1S/C16H20N.ClH/c1-3-17(4-2,15-11-7-5-8-12-15)16-13-9-6-10-14-16;/h5-14H,3-4H2,1-2H3;1H/q+1;/p-1. The van der Waals surface area contributed by atoms with E-state index in [1.54, 1.807) is 0 Å². The predicted molar refractivity (Wildman–Crippen MR) is 75.4 cm³/mol. The largest absolute Gasteiger partial charge is 1.00 e. The second kappa shape index (κ2) is 6.58. The molecule has 0 aromatic heterocycles. The van der Waals surface area contributed by atoms with Crippen LogP contribution >= 0.6 is 0 Å². The van der Waals surface area contributed by atoms with Crippen molar-refractivity contribution in [3.63, 3.8) is 0 Å². The van der Waals surface area contributed by atoms with Crippen molar-refractivity contribution < 1.29 is 12.4 Å². The molecule has 0 bridgehead atoms. The van der Waals surface area contributed by atoms with Gasteiger partial charge in [0.1, 0.15) is 11.4 Å². The van der Waals surface area contributed by atoms with Gasteiger partial charge in [-0.05, 0) is 38.1 Å². The van der Waals surface area contributed by atoms with Gasteiger partial charge in [0.05, 0.1) is 13.1 Å². The van der Waals surface area contributed by atoms with E-state index in [2.05, 4.69) is 74.5 Å². The zero-order valence-electron chi connectivity index (χ0n) is 11.0. The molecule has 0 fully saturated rings. The van der Waals surface area contributed by atoms with Crippen molar-refractivity contribution in [2.45, 2.75) is 13.8 Å². The minimum atomic E-state index is 0. The Hall–Kier alpha value is -1.31. The number of hydrogen-bond acceptors (Lipinski definition) is 0. The third kappa shape index (κ3) is 2.58. The summed E-state index contributed by atoms with van der Waals surface area (Å²) in [5.41, 5.74) is 2.73. The lowest BCUT2D eigenvalue weighted by atomic mass is 10.1. The first-order valence-corrected chi connectivity index (χ1v) is 6.32. The average Bonchev–Trinajstić information content (AvgIpc) is 2.43. The maximum Gasteiger partial charge on any atom is 0.137 e. The van der Waals surface area contributed by atoms with Gasteiger partial charge in [-0.3, -0.25) is 4.48 Å². The molecule has 0 atom stereocenters. The van der Waals surface area contributed by atoms with Crippen molar-refractivity contribution in [3.8, 4) is 0 Å². The van der Waals surface area contributed by atoms with E-state index in [4.69, 9.17) is 0 Å². The van der Waals surface area contributed by atoms with Crippen LogP contribution in [0.2, 0.25) is 0 Å². The molecule has 0 spiro atoms. The van der Waals surface area contributed by atoms with Gasteiger partial charge in [-0.2, -0.15) is 0 Å². The van der Waals surface area contributed by atoms with Crippen molar-refractivity contribution in [2.24, 2.45) is 0 Å². The molecule has 2 heteroatoms. The van der Waals surface area contributed by atoms with Crippen LogP contribution in [-0.4, -0.2) is 13.1 Å². The van der Waals surface area contributed by atoms with Crippen molar-refractivity contribution in [1.29, 1.82) is 0 Å². The maximum absolute atomic E-state index is 2.25. The van der Waals surface area contributed by atoms with Crippen LogP contribution in [0.25, 0.3) is 0 Å². The Morgan fingerprint density at radius 3 is 1.28 bits per heavy atom. The topological polar surface area (TPSA) is 0 Å². The summed E-state index contributed by atoms with van der Waals surface area (Å²) in [7, 11) is 0. The SMILES string of the molecule is CC[N+](CC)(c1ccccc1)c1ccccc1.[Cl-]. The summed E-state index contributed by atoms with van der Waals surface area (Å²) < 4.78 is 0.918. The van der Waals surface area contributed by atoms with E-state index in [1.165, 1.54) is 11.4 Å². The van der Waals surface area contributed by atoms with Crippen molar-refractivity contribution in [2.75, 3.05) is 13.1 Å². The van der Waals surface area contributed by atoms with E-state index in [0.29, 0.717) is 0 Å². The molecule has 0 aliphatic heterocycles. The summed E-state index contributed by atoms with van der Waals surface area (Å²) >= 11 is 0. The van der Waals surface area contributed by atoms with Crippen molar-refractivity contribution in [1.82, 2.24) is 4.48 Å². The van der Waals surface area contributed by atoms with Crippen LogP contribution in [0.5, 0.6) is 0 Å². The monoisotopic (exact) mass is 261 g/mol. The van der Waals surface area contributed by atoms with Crippen LogP contribution in [0, 0.1) is 0 Å². The second-order valence-electron chi connectivity index (χ2n) is 4.27. The zero-order chi connectivity index (χ0) is 12.1. The molecule has 0 radical (unpaired) electrons. The van der Waals surface area contributed by atoms with E-state index in [9.17, 15) is 0 Å². The Kier molecular flexibility index (Phi) is 5.39. The van der Waals surface area contributed by atoms with E-state index in [-0.39, 0.29) is 12.4 Å². The second-order valence-corrected chi connectivity index (χ2v) is 4.27. The summed E-state index contributed by atoms with van der Waals surface area (Å²) in [5, 5.41) is 0. The Labute approximate surface area is 116 Å². The number of nitrogens with zero attached hydrogens (tertiary/aromatic N) is 1. The molecular formula is C16H20ClN. The predicted octanol–water partition coefficient (Wildman–Crippen LogP) is 1.37. The molecule has 1 nitrogen and oxygen atoms in total. The zero-order valence-corrected chi connectivity index (χ0v) is 11.8. The van der Waals surface area contributed by atoms with E-state index in [0.717, 1.165) is 17.6 Å². The first kappa shape index (κ1) is 14.7. The summed E-state index contributed by atoms with van der Waals surface area (Å²) in [5.74, 6) is 0. The van der Waals surface area contributed by atoms with Crippen LogP contribution < -0.4 is 16.9 Å². The summed E-state index contributed by atoms with van der Waals surface area (Å²) in [6, 6.07) is 21.5. The number of hydrogen-bond donors (Lipinski definition) is 0. The molecule has 0 amide bonds. The van der Waals surface area contributed by atoms with Gasteiger partial charge in [-0.25, -0.2) is 0 Å². The molecule has 96 valence electrons. The van der Waals surface area contributed by atoms with Gasteiger partial charge in [0.25, 0.3) is 0 Å². The number of benzene rings is 2. The number of halogens is 1. The Balaban J connectivity index is 0.00000162. The fourth-order valence-electron chi connectivity index (χ4n) is 2.53. The molecule has 0 unspecified atom stereocenters. The fourth-order valence-corrected chi connectivity index (χ4v) is 2.53. The van der Waals surface area contributed by atoms with Crippen LogP contribution in [-0.2, 0) is 0 Å². The first-order chi connectivity index (χ1) is 8.33. The molecule has 0 heterocycles. The highest BCUT2D eigenvalue weighted by Gasteiger charge is 2.28. The average molecular weight is 262 g/mol. The molecule has 0 aliphatic carbocycles. The number of para-hydroxylation sites is 2. The Bertz CT molecular complexity index is 408. The number of rotatable bonds is 4. The molecule has 18 heavy (non-hydrogen) atoms. The summed E-state index contributed by atoms with van der Waals surface area (Å²) in [6.07, 6.45) is 0. The highest BCUT2D eigenvalue weighted by molar-refractivity contribution is 5.57.